The Morgan fingerprint density at radius 1 is 1.42 bits per heavy atom. The Kier molecular flexibility index (Phi) is 5.93. The van der Waals surface area contributed by atoms with Gasteiger partial charge in [-0.1, -0.05) is 0 Å². The van der Waals surface area contributed by atoms with Crippen molar-refractivity contribution in [3.8, 4) is 0 Å². The minimum absolute atomic E-state index is 0.237. The molecule has 5 nitrogen and oxygen atoms in total. The van der Waals surface area contributed by atoms with E-state index in [1.54, 1.807) is 5.51 Å². The number of nitrogens with zero attached hydrogens (tertiary/aromatic N) is 1. The summed E-state index contributed by atoms with van der Waals surface area (Å²) in [5, 5.41) is 5.47. The smallest absolute Gasteiger partial charge is 0.315 e. The first kappa shape index (κ1) is 16.1. The van der Waals surface area contributed by atoms with E-state index < -0.39 is 10.8 Å². The van der Waals surface area contributed by atoms with E-state index in [1.807, 2.05) is 27.7 Å². The van der Waals surface area contributed by atoms with Gasteiger partial charge in [0.1, 0.15) is 0 Å². The van der Waals surface area contributed by atoms with Gasteiger partial charge in [-0.3, -0.25) is 4.21 Å². The molecule has 0 aliphatic carbocycles. The molecule has 1 aromatic heterocycles. The van der Waals surface area contributed by atoms with E-state index >= 15 is 0 Å². The molecular formula is C12H21N3O2S2. The second-order valence-electron chi connectivity index (χ2n) is 5.13. The molecule has 1 rings (SSSR count). The van der Waals surface area contributed by atoms with Crippen LogP contribution >= 0.6 is 11.3 Å². The average molecular weight is 303 g/mol. The predicted molar refractivity (Wildman–Crippen MR) is 79.9 cm³/mol. The monoisotopic (exact) mass is 303 g/mol. The molecule has 0 bridgehead atoms. The molecule has 1 unspecified atom stereocenters. The number of amides is 2. The van der Waals surface area contributed by atoms with Gasteiger partial charge in [0.25, 0.3) is 0 Å². The number of aryl methyl sites for hydroxylation is 1. The molecule has 0 spiro atoms. The van der Waals surface area contributed by atoms with E-state index in [9.17, 15) is 9.00 Å². The molecule has 0 saturated heterocycles. The summed E-state index contributed by atoms with van der Waals surface area (Å²) < 4.78 is 11.5. The number of rotatable bonds is 5. The topological polar surface area (TPSA) is 71.1 Å². The first-order chi connectivity index (χ1) is 8.80. The average Bonchev–Trinajstić information content (AvgIpc) is 2.71. The summed E-state index contributed by atoms with van der Waals surface area (Å²) in [6.45, 7) is 8.58. The highest BCUT2D eigenvalue weighted by atomic mass is 32.2. The van der Waals surface area contributed by atoms with Crippen molar-refractivity contribution in [3.05, 3.63) is 16.1 Å². The maximum Gasteiger partial charge on any atom is 0.315 e. The van der Waals surface area contributed by atoms with Crippen LogP contribution in [0.2, 0.25) is 0 Å². The third kappa shape index (κ3) is 5.69. The molecule has 2 amide bonds. The number of nitrogens with one attached hydrogen (secondary N) is 2. The van der Waals surface area contributed by atoms with Crippen molar-refractivity contribution in [3.63, 3.8) is 0 Å². The second kappa shape index (κ2) is 7.00. The van der Waals surface area contributed by atoms with Crippen LogP contribution in [0.3, 0.4) is 0 Å². The maximum atomic E-state index is 11.8. The molecule has 7 heteroatoms. The Morgan fingerprint density at radius 2 is 2.11 bits per heavy atom. The van der Waals surface area contributed by atoms with Gasteiger partial charge in [0.05, 0.1) is 17.7 Å². The minimum atomic E-state index is -0.941. The van der Waals surface area contributed by atoms with Crippen LogP contribution in [0.4, 0.5) is 4.79 Å². The molecule has 19 heavy (non-hydrogen) atoms. The first-order valence-corrected chi connectivity index (χ1v) is 8.29. The summed E-state index contributed by atoms with van der Waals surface area (Å²) in [5.74, 6) is 0.469. The molecule has 108 valence electrons. The lowest BCUT2D eigenvalue weighted by Gasteiger charge is -2.17. The summed E-state index contributed by atoms with van der Waals surface area (Å²) in [5.41, 5.74) is 2.70. The van der Waals surface area contributed by atoms with Gasteiger partial charge in [-0.2, -0.15) is 0 Å². The number of aromatic nitrogens is 1. The Morgan fingerprint density at radius 3 is 2.63 bits per heavy atom. The Balaban J connectivity index is 2.22. The van der Waals surface area contributed by atoms with Gasteiger partial charge < -0.3 is 10.6 Å². The van der Waals surface area contributed by atoms with Crippen molar-refractivity contribution in [1.29, 1.82) is 0 Å². The van der Waals surface area contributed by atoms with E-state index in [-0.39, 0.29) is 10.8 Å². The zero-order valence-electron chi connectivity index (χ0n) is 11.8. The highest BCUT2D eigenvalue weighted by Crippen LogP contribution is 2.11. The Labute approximate surface area is 120 Å². The van der Waals surface area contributed by atoms with Crippen LogP contribution in [0, 0.1) is 6.92 Å². The fraction of sp³-hybridized carbons (Fsp3) is 0.667. The van der Waals surface area contributed by atoms with Crippen LogP contribution < -0.4 is 10.6 Å². The first-order valence-electron chi connectivity index (χ1n) is 6.10. The van der Waals surface area contributed by atoms with Crippen molar-refractivity contribution >= 4 is 28.2 Å². The van der Waals surface area contributed by atoms with E-state index in [0.717, 1.165) is 10.6 Å². The van der Waals surface area contributed by atoms with Gasteiger partial charge in [0, 0.05) is 32.7 Å². The molecule has 0 aromatic carbocycles. The minimum Gasteiger partial charge on any atom is -0.337 e. The molecule has 1 heterocycles. The van der Waals surface area contributed by atoms with Crippen molar-refractivity contribution in [2.24, 2.45) is 0 Å². The maximum absolute atomic E-state index is 11.8. The summed E-state index contributed by atoms with van der Waals surface area (Å²) in [7, 11) is -0.941. The highest BCUT2D eigenvalue weighted by molar-refractivity contribution is 7.86. The largest absolute Gasteiger partial charge is 0.337 e. The third-order valence-electron chi connectivity index (χ3n) is 2.51. The Bertz CT molecular complexity index is 452. The van der Waals surface area contributed by atoms with Crippen LogP contribution in [-0.4, -0.2) is 32.3 Å². The summed E-state index contributed by atoms with van der Waals surface area (Å²) in [6, 6.07) is -0.237. The predicted octanol–water partition coefficient (Wildman–Crippen LogP) is 1.80. The molecule has 1 aromatic rings. The quantitative estimate of drug-likeness (QED) is 0.871. The molecule has 0 aliphatic rings. The van der Waals surface area contributed by atoms with E-state index in [4.69, 9.17) is 0 Å². The van der Waals surface area contributed by atoms with Crippen LogP contribution in [0.1, 0.15) is 31.3 Å². The fourth-order valence-corrected chi connectivity index (χ4v) is 2.90. The lowest BCUT2D eigenvalue weighted by Crippen LogP contribution is -2.38. The number of urea groups is 1. The van der Waals surface area contributed by atoms with Crippen LogP contribution in [0.5, 0.6) is 0 Å². The molecule has 1 atom stereocenters. The number of hydrogen-bond donors (Lipinski definition) is 2. The van der Waals surface area contributed by atoms with Gasteiger partial charge in [-0.25, -0.2) is 9.78 Å². The number of thiazole rings is 1. The van der Waals surface area contributed by atoms with Gasteiger partial charge in [-0.05, 0) is 27.7 Å². The standard InChI is InChI=1S/C12H21N3O2S2/c1-9-10(18-8-15-9)7-14-11(16)13-5-6-19(17)12(2,3)4/h8H,5-7H2,1-4H3,(H2,13,14,16). The van der Waals surface area contributed by atoms with E-state index in [0.29, 0.717) is 18.8 Å². The molecule has 0 radical (unpaired) electrons. The van der Waals surface area contributed by atoms with Crippen LogP contribution in [0.15, 0.2) is 5.51 Å². The molecule has 2 N–H and O–H groups in total. The molecule has 0 fully saturated rings. The zero-order valence-corrected chi connectivity index (χ0v) is 13.4. The Hall–Kier alpha value is -0.950. The van der Waals surface area contributed by atoms with Crippen LogP contribution in [-0.2, 0) is 17.3 Å². The van der Waals surface area contributed by atoms with Crippen molar-refractivity contribution in [2.45, 2.75) is 39.0 Å². The van der Waals surface area contributed by atoms with Gasteiger partial charge in [0.2, 0.25) is 0 Å². The van der Waals surface area contributed by atoms with E-state index in [1.165, 1.54) is 11.3 Å². The lowest BCUT2D eigenvalue weighted by atomic mass is 10.3. The van der Waals surface area contributed by atoms with Crippen molar-refractivity contribution in [1.82, 2.24) is 15.6 Å². The molecule has 0 saturated carbocycles. The third-order valence-corrected chi connectivity index (χ3v) is 5.39. The SMILES string of the molecule is Cc1ncsc1CNC(=O)NCCS(=O)C(C)(C)C. The second-order valence-corrected chi connectivity index (χ2v) is 8.40. The normalized spacial score (nSPS) is 13.1. The number of carbonyl (C=O) groups excluding carboxylic acids is 1. The fourth-order valence-electron chi connectivity index (χ4n) is 1.28. The molecular weight excluding hydrogens is 282 g/mol. The van der Waals surface area contributed by atoms with Gasteiger partial charge >= 0.3 is 6.03 Å². The zero-order chi connectivity index (χ0) is 14.5. The molecule has 0 aliphatic heterocycles. The summed E-state index contributed by atoms with van der Waals surface area (Å²) in [4.78, 5) is 16.7. The van der Waals surface area contributed by atoms with Gasteiger partial charge in [0.15, 0.2) is 0 Å². The number of carbonyl (C=O) groups is 1. The van der Waals surface area contributed by atoms with Gasteiger partial charge in [-0.15, -0.1) is 11.3 Å². The summed E-state index contributed by atoms with van der Waals surface area (Å²) in [6.07, 6.45) is 0. The van der Waals surface area contributed by atoms with Crippen molar-refractivity contribution < 1.29 is 9.00 Å². The van der Waals surface area contributed by atoms with Crippen LogP contribution in [0.25, 0.3) is 0 Å². The lowest BCUT2D eigenvalue weighted by molar-refractivity contribution is 0.241. The highest BCUT2D eigenvalue weighted by Gasteiger charge is 2.18. The number of hydrogen-bond acceptors (Lipinski definition) is 4. The van der Waals surface area contributed by atoms with Crippen molar-refractivity contribution in [2.75, 3.05) is 12.3 Å². The summed E-state index contributed by atoms with van der Waals surface area (Å²) >= 11 is 1.52. The van der Waals surface area contributed by atoms with E-state index in [2.05, 4.69) is 15.6 Å².